The van der Waals surface area contributed by atoms with Crippen molar-refractivity contribution in [3.05, 3.63) is 0 Å². The van der Waals surface area contributed by atoms with E-state index in [2.05, 4.69) is 4.90 Å². The smallest absolute Gasteiger partial charge is 0.135 e. The topological polar surface area (TPSA) is 29.5 Å². The predicted molar refractivity (Wildman–Crippen MR) is 54.2 cm³/mol. The minimum atomic E-state index is 0.438. The van der Waals surface area contributed by atoms with E-state index in [4.69, 9.17) is 4.74 Å². The summed E-state index contributed by atoms with van der Waals surface area (Å²) in [6, 6.07) is 0. The summed E-state index contributed by atoms with van der Waals surface area (Å²) in [4.78, 5) is 13.5. The molecule has 0 N–H and O–H groups in total. The molecule has 0 amide bonds. The molecule has 2 saturated heterocycles. The maximum Gasteiger partial charge on any atom is 0.135 e. The standard InChI is InChI=1S/C11H19NO2/c13-11-1-5-12(6-2-11)9-10-3-7-14-8-4-10/h10H,1-9H2. The first kappa shape index (κ1) is 10.1. The third-order valence-electron chi connectivity index (χ3n) is 3.27. The van der Waals surface area contributed by atoms with Crippen LogP contribution in [-0.2, 0) is 9.53 Å². The number of likely N-dealkylation sites (tertiary alicyclic amines) is 1. The van der Waals surface area contributed by atoms with E-state index < -0.39 is 0 Å². The first-order chi connectivity index (χ1) is 6.84. The Morgan fingerprint density at radius 1 is 1.21 bits per heavy atom. The van der Waals surface area contributed by atoms with Crippen LogP contribution in [0.15, 0.2) is 0 Å². The number of piperidine rings is 1. The molecular formula is C11H19NO2. The van der Waals surface area contributed by atoms with Crippen molar-refractivity contribution in [3.63, 3.8) is 0 Å². The van der Waals surface area contributed by atoms with Gasteiger partial charge in [-0.2, -0.15) is 0 Å². The average Bonchev–Trinajstić information content (AvgIpc) is 2.23. The van der Waals surface area contributed by atoms with Gasteiger partial charge in [0.1, 0.15) is 5.78 Å². The van der Waals surface area contributed by atoms with E-state index in [1.165, 1.54) is 19.4 Å². The summed E-state index contributed by atoms with van der Waals surface area (Å²) in [7, 11) is 0. The Morgan fingerprint density at radius 3 is 2.50 bits per heavy atom. The zero-order chi connectivity index (χ0) is 9.80. The van der Waals surface area contributed by atoms with E-state index in [1.54, 1.807) is 0 Å². The third-order valence-corrected chi connectivity index (χ3v) is 3.27. The molecule has 3 heteroatoms. The lowest BCUT2D eigenvalue weighted by Gasteiger charge is -2.31. The van der Waals surface area contributed by atoms with Gasteiger partial charge in [-0.25, -0.2) is 0 Å². The van der Waals surface area contributed by atoms with Crippen LogP contribution in [0.5, 0.6) is 0 Å². The van der Waals surface area contributed by atoms with Crippen molar-refractivity contribution in [2.45, 2.75) is 25.7 Å². The highest BCUT2D eigenvalue weighted by Gasteiger charge is 2.21. The van der Waals surface area contributed by atoms with Crippen LogP contribution < -0.4 is 0 Å². The molecule has 3 nitrogen and oxygen atoms in total. The summed E-state index contributed by atoms with van der Waals surface area (Å²) in [5.41, 5.74) is 0. The first-order valence-corrected chi connectivity index (χ1v) is 5.66. The Kier molecular flexibility index (Phi) is 3.54. The van der Waals surface area contributed by atoms with Gasteiger partial charge in [-0.1, -0.05) is 0 Å². The lowest BCUT2D eigenvalue weighted by Crippen LogP contribution is -2.38. The Morgan fingerprint density at radius 2 is 1.86 bits per heavy atom. The molecule has 80 valence electrons. The van der Waals surface area contributed by atoms with Crippen LogP contribution in [0.1, 0.15) is 25.7 Å². The molecule has 0 radical (unpaired) electrons. The van der Waals surface area contributed by atoms with E-state index in [1.807, 2.05) is 0 Å². The number of ether oxygens (including phenoxy) is 1. The maximum atomic E-state index is 11.1. The lowest BCUT2D eigenvalue weighted by atomic mass is 9.98. The summed E-state index contributed by atoms with van der Waals surface area (Å²) >= 11 is 0. The molecule has 0 aliphatic carbocycles. The Bertz CT molecular complexity index is 189. The van der Waals surface area contributed by atoms with E-state index in [0.717, 1.165) is 45.1 Å². The van der Waals surface area contributed by atoms with Crippen LogP contribution in [-0.4, -0.2) is 43.5 Å². The highest BCUT2D eigenvalue weighted by atomic mass is 16.5. The molecule has 0 aromatic heterocycles. The number of nitrogens with zero attached hydrogens (tertiary/aromatic N) is 1. The highest BCUT2D eigenvalue weighted by molar-refractivity contribution is 5.79. The lowest BCUT2D eigenvalue weighted by molar-refractivity contribution is -0.121. The van der Waals surface area contributed by atoms with E-state index >= 15 is 0 Å². The van der Waals surface area contributed by atoms with Crippen molar-refractivity contribution in [2.75, 3.05) is 32.8 Å². The van der Waals surface area contributed by atoms with Gasteiger partial charge in [0.25, 0.3) is 0 Å². The Labute approximate surface area is 85.4 Å². The number of carbonyl (C=O) groups excluding carboxylic acids is 1. The van der Waals surface area contributed by atoms with Gasteiger partial charge in [0.15, 0.2) is 0 Å². The number of hydrogen-bond donors (Lipinski definition) is 0. The van der Waals surface area contributed by atoms with Crippen molar-refractivity contribution in [2.24, 2.45) is 5.92 Å². The van der Waals surface area contributed by atoms with E-state index in [-0.39, 0.29) is 0 Å². The largest absolute Gasteiger partial charge is 0.381 e. The zero-order valence-corrected chi connectivity index (χ0v) is 8.71. The van der Waals surface area contributed by atoms with Gasteiger partial charge in [0.05, 0.1) is 0 Å². The van der Waals surface area contributed by atoms with Crippen LogP contribution in [0.3, 0.4) is 0 Å². The van der Waals surface area contributed by atoms with Crippen molar-refractivity contribution in [1.82, 2.24) is 4.90 Å². The number of ketones is 1. The second kappa shape index (κ2) is 4.89. The van der Waals surface area contributed by atoms with Gasteiger partial charge in [0.2, 0.25) is 0 Å². The molecular weight excluding hydrogens is 178 g/mol. The normalized spacial score (nSPS) is 26.7. The van der Waals surface area contributed by atoms with E-state index in [0.29, 0.717) is 5.78 Å². The fraction of sp³-hybridized carbons (Fsp3) is 0.909. The van der Waals surface area contributed by atoms with Crippen LogP contribution in [0.4, 0.5) is 0 Å². The third kappa shape index (κ3) is 2.79. The van der Waals surface area contributed by atoms with Crippen molar-refractivity contribution in [1.29, 1.82) is 0 Å². The molecule has 0 aromatic rings. The summed E-state index contributed by atoms with van der Waals surface area (Å²) in [5.74, 6) is 1.24. The van der Waals surface area contributed by atoms with Gasteiger partial charge in [-0.3, -0.25) is 4.79 Å². The SMILES string of the molecule is O=C1CCN(CC2CCOCC2)CC1. The number of rotatable bonds is 2. The summed E-state index contributed by atoms with van der Waals surface area (Å²) < 4.78 is 5.33. The molecule has 0 bridgehead atoms. The fourth-order valence-corrected chi connectivity index (χ4v) is 2.28. The van der Waals surface area contributed by atoms with Crippen LogP contribution in [0.2, 0.25) is 0 Å². The van der Waals surface area contributed by atoms with Crippen molar-refractivity contribution < 1.29 is 9.53 Å². The fourth-order valence-electron chi connectivity index (χ4n) is 2.28. The molecule has 0 unspecified atom stereocenters. The van der Waals surface area contributed by atoms with Gasteiger partial charge in [-0.15, -0.1) is 0 Å². The van der Waals surface area contributed by atoms with Crippen molar-refractivity contribution in [3.8, 4) is 0 Å². The summed E-state index contributed by atoms with van der Waals surface area (Å²) in [6.45, 7) is 5.00. The molecule has 0 atom stereocenters. The van der Waals surface area contributed by atoms with Gasteiger partial charge >= 0.3 is 0 Å². The summed E-state index contributed by atoms with van der Waals surface area (Å²) in [5, 5.41) is 0. The molecule has 0 aromatic carbocycles. The number of hydrogen-bond acceptors (Lipinski definition) is 3. The van der Waals surface area contributed by atoms with E-state index in [9.17, 15) is 4.79 Å². The van der Waals surface area contributed by atoms with Gasteiger partial charge < -0.3 is 9.64 Å². The van der Waals surface area contributed by atoms with Crippen molar-refractivity contribution >= 4 is 5.78 Å². The van der Waals surface area contributed by atoms with Crippen LogP contribution >= 0.6 is 0 Å². The predicted octanol–water partition coefficient (Wildman–Crippen LogP) is 1.08. The van der Waals surface area contributed by atoms with Crippen LogP contribution in [0, 0.1) is 5.92 Å². The van der Waals surface area contributed by atoms with Gasteiger partial charge in [0, 0.05) is 45.7 Å². The molecule has 2 heterocycles. The zero-order valence-electron chi connectivity index (χ0n) is 8.71. The average molecular weight is 197 g/mol. The first-order valence-electron chi connectivity index (χ1n) is 5.66. The molecule has 2 aliphatic rings. The molecule has 0 saturated carbocycles. The maximum absolute atomic E-state index is 11.1. The molecule has 2 aliphatic heterocycles. The number of carbonyl (C=O) groups is 1. The number of Topliss-reactive ketones (excluding diaryl/α,β-unsaturated/α-hetero) is 1. The van der Waals surface area contributed by atoms with Gasteiger partial charge in [-0.05, 0) is 18.8 Å². The molecule has 2 rings (SSSR count). The molecule has 14 heavy (non-hydrogen) atoms. The monoisotopic (exact) mass is 197 g/mol. The molecule has 0 spiro atoms. The Balaban J connectivity index is 1.71. The second-order valence-electron chi connectivity index (χ2n) is 4.40. The summed E-state index contributed by atoms with van der Waals surface area (Å²) in [6.07, 6.45) is 3.93. The van der Waals surface area contributed by atoms with Crippen LogP contribution in [0.25, 0.3) is 0 Å². The molecule has 2 fully saturated rings. The quantitative estimate of drug-likeness (QED) is 0.663. The second-order valence-corrected chi connectivity index (χ2v) is 4.40. The Hall–Kier alpha value is -0.410. The minimum Gasteiger partial charge on any atom is -0.381 e. The highest BCUT2D eigenvalue weighted by Crippen LogP contribution is 2.17. The minimum absolute atomic E-state index is 0.438.